The SMILES string of the molecule is COc1ccc(OC)c(S(=O)(=O)Nc2ccc(N3CCN(c4ccccn4)CC3)cc2C(=O)O)c1. The van der Waals surface area contributed by atoms with Crippen LogP contribution in [0, 0.1) is 0 Å². The van der Waals surface area contributed by atoms with Gasteiger partial charge < -0.3 is 24.4 Å². The number of aromatic nitrogens is 1. The Morgan fingerprint density at radius 1 is 0.971 bits per heavy atom. The number of piperazine rings is 1. The molecule has 0 unspecified atom stereocenters. The van der Waals surface area contributed by atoms with Crippen molar-refractivity contribution in [2.24, 2.45) is 0 Å². The monoisotopic (exact) mass is 498 g/mol. The van der Waals surface area contributed by atoms with Gasteiger partial charge in [-0.2, -0.15) is 0 Å². The molecule has 35 heavy (non-hydrogen) atoms. The van der Waals surface area contributed by atoms with Gasteiger partial charge in [0.2, 0.25) is 0 Å². The van der Waals surface area contributed by atoms with Gasteiger partial charge in [0, 0.05) is 44.1 Å². The number of methoxy groups -OCH3 is 2. The molecule has 1 saturated heterocycles. The second-order valence-electron chi connectivity index (χ2n) is 7.82. The number of sulfonamides is 1. The zero-order chi connectivity index (χ0) is 25.0. The number of hydrogen-bond acceptors (Lipinski definition) is 8. The van der Waals surface area contributed by atoms with E-state index in [0.29, 0.717) is 24.5 Å². The molecule has 0 radical (unpaired) electrons. The van der Waals surface area contributed by atoms with Gasteiger partial charge in [-0.1, -0.05) is 6.07 Å². The third-order valence-electron chi connectivity index (χ3n) is 5.76. The molecule has 0 amide bonds. The molecular formula is C24H26N4O6S. The number of nitrogens with one attached hydrogen (secondary N) is 1. The molecule has 0 saturated carbocycles. The van der Waals surface area contributed by atoms with Crippen LogP contribution in [-0.4, -0.2) is 64.9 Å². The van der Waals surface area contributed by atoms with Crippen LogP contribution in [0.2, 0.25) is 0 Å². The average molecular weight is 499 g/mol. The number of anilines is 3. The summed E-state index contributed by atoms with van der Waals surface area (Å²) in [6.07, 6.45) is 1.75. The molecule has 11 heteroatoms. The van der Waals surface area contributed by atoms with Crippen molar-refractivity contribution >= 4 is 33.2 Å². The summed E-state index contributed by atoms with van der Waals surface area (Å²) in [4.78, 5) is 20.5. The molecule has 1 aromatic heterocycles. The minimum Gasteiger partial charge on any atom is -0.497 e. The molecular weight excluding hydrogens is 472 g/mol. The van der Waals surface area contributed by atoms with Crippen LogP contribution in [0.3, 0.4) is 0 Å². The van der Waals surface area contributed by atoms with E-state index in [-0.39, 0.29) is 21.9 Å². The number of rotatable bonds is 8. The van der Waals surface area contributed by atoms with E-state index < -0.39 is 16.0 Å². The van der Waals surface area contributed by atoms with Crippen molar-refractivity contribution in [3.63, 3.8) is 0 Å². The molecule has 2 heterocycles. The lowest BCUT2D eigenvalue weighted by Crippen LogP contribution is -2.46. The van der Waals surface area contributed by atoms with Gasteiger partial charge in [0.25, 0.3) is 10.0 Å². The highest BCUT2D eigenvalue weighted by atomic mass is 32.2. The van der Waals surface area contributed by atoms with Crippen molar-refractivity contribution < 1.29 is 27.8 Å². The lowest BCUT2D eigenvalue weighted by Gasteiger charge is -2.36. The molecule has 2 N–H and O–H groups in total. The van der Waals surface area contributed by atoms with E-state index >= 15 is 0 Å². The minimum atomic E-state index is -4.17. The Hall–Kier alpha value is -3.99. The Bertz CT molecular complexity index is 1310. The van der Waals surface area contributed by atoms with Crippen LogP contribution in [0.4, 0.5) is 17.2 Å². The molecule has 10 nitrogen and oxygen atoms in total. The first kappa shape index (κ1) is 24.1. The molecule has 2 aromatic carbocycles. The van der Waals surface area contributed by atoms with E-state index in [1.807, 2.05) is 18.2 Å². The van der Waals surface area contributed by atoms with Gasteiger partial charge in [-0.15, -0.1) is 0 Å². The molecule has 0 atom stereocenters. The third kappa shape index (κ3) is 5.24. The Morgan fingerprint density at radius 2 is 1.71 bits per heavy atom. The van der Waals surface area contributed by atoms with Crippen molar-refractivity contribution in [2.45, 2.75) is 4.90 Å². The molecule has 0 aliphatic carbocycles. The topological polar surface area (TPSA) is 121 Å². The van der Waals surface area contributed by atoms with E-state index in [4.69, 9.17) is 9.47 Å². The predicted molar refractivity (Wildman–Crippen MR) is 132 cm³/mol. The summed E-state index contributed by atoms with van der Waals surface area (Å²) >= 11 is 0. The normalized spacial score (nSPS) is 13.9. The summed E-state index contributed by atoms with van der Waals surface area (Å²) in [5.41, 5.74) is 0.503. The highest BCUT2D eigenvalue weighted by molar-refractivity contribution is 7.92. The smallest absolute Gasteiger partial charge is 0.337 e. The van der Waals surface area contributed by atoms with Crippen molar-refractivity contribution in [1.82, 2.24) is 4.98 Å². The summed E-state index contributed by atoms with van der Waals surface area (Å²) in [6.45, 7) is 2.79. The van der Waals surface area contributed by atoms with E-state index in [0.717, 1.165) is 18.9 Å². The fourth-order valence-corrected chi connectivity index (χ4v) is 5.19. The highest BCUT2D eigenvalue weighted by Gasteiger charge is 2.25. The standard InChI is InChI=1S/C24H26N4O6S/c1-33-18-7-9-21(34-2)22(16-18)35(31,32)26-20-8-6-17(15-19(20)24(29)30)27-11-13-28(14-12-27)23-5-3-4-10-25-23/h3-10,15-16,26H,11-14H2,1-2H3,(H,29,30). The molecule has 1 aliphatic heterocycles. The van der Waals surface area contributed by atoms with Crippen LogP contribution in [0.5, 0.6) is 11.5 Å². The first-order chi connectivity index (χ1) is 16.8. The van der Waals surface area contributed by atoms with Gasteiger partial charge in [0.15, 0.2) is 0 Å². The van der Waals surface area contributed by atoms with Gasteiger partial charge in [0.1, 0.15) is 22.2 Å². The second-order valence-corrected chi connectivity index (χ2v) is 9.47. The summed E-state index contributed by atoms with van der Waals surface area (Å²) in [7, 11) is -1.39. The van der Waals surface area contributed by atoms with Gasteiger partial charge in [-0.3, -0.25) is 4.72 Å². The third-order valence-corrected chi connectivity index (χ3v) is 7.14. The van der Waals surface area contributed by atoms with Gasteiger partial charge in [0.05, 0.1) is 25.5 Å². The van der Waals surface area contributed by atoms with Crippen LogP contribution in [0.15, 0.2) is 65.7 Å². The van der Waals surface area contributed by atoms with Gasteiger partial charge >= 0.3 is 5.97 Å². The van der Waals surface area contributed by atoms with Gasteiger partial charge in [-0.25, -0.2) is 18.2 Å². The minimum absolute atomic E-state index is 0.0433. The Balaban J connectivity index is 1.56. The maximum absolute atomic E-state index is 13.1. The largest absolute Gasteiger partial charge is 0.497 e. The Kier molecular flexibility index (Phi) is 6.97. The molecule has 0 bridgehead atoms. The van der Waals surface area contributed by atoms with Crippen molar-refractivity contribution in [3.05, 3.63) is 66.4 Å². The predicted octanol–water partition coefficient (Wildman–Crippen LogP) is 2.92. The Labute approximate surface area is 203 Å². The van der Waals surface area contributed by atoms with Crippen LogP contribution in [0.25, 0.3) is 0 Å². The summed E-state index contributed by atoms with van der Waals surface area (Å²) in [6, 6.07) is 14.8. The quantitative estimate of drug-likeness (QED) is 0.483. The number of benzene rings is 2. The summed E-state index contributed by atoms with van der Waals surface area (Å²) in [5.74, 6) is 0.0905. The van der Waals surface area contributed by atoms with Crippen LogP contribution >= 0.6 is 0 Å². The first-order valence-electron chi connectivity index (χ1n) is 10.9. The Morgan fingerprint density at radius 3 is 2.34 bits per heavy atom. The fraction of sp³-hybridized carbons (Fsp3) is 0.250. The van der Waals surface area contributed by atoms with Crippen LogP contribution < -0.4 is 24.0 Å². The number of nitrogens with zero attached hydrogens (tertiary/aromatic N) is 3. The molecule has 184 valence electrons. The second kappa shape index (κ2) is 10.1. The van der Waals surface area contributed by atoms with Crippen molar-refractivity contribution in [3.8, 4) is 11.5 Å². The number of carboxylic acids is 1. The van der Waals surface area contributed by atoms with Crippen molar-refractivity contribution in [2.75, 3.05) is 54.9 Å². The lowest BCUT2D eigenvalue weighted by molar-refractivity contribution is 0.0698. The van der Waals surface area contributed by atoms with Crippen LogP contribution in [-0.2, 0) is 10.0 Å². The highest BCUT2D eigenvalue weighted by Crippen LogP contribution is 2.32. The molecule has 1 aliphatic rings. The number of carbonyl (C=O) groups is 1. The average Bonchev–Trinajstić information content (AvgIpc) is 2.88. The van der Waals surface area contributed by atoms with Crippen molar-refractivity contribution in [1.29, 1.82) is 0 Å². The van der Waals surface area contributed by atoms with E-state index in [2.05, 4.69) is 19.5 Å². The number of ether oxygens (including phenoxy) is 2. The zero-order valence-electron chi connectivity index (χ0n) is 19.3. The van der Waals surface area contributed by atoms with Crippen LogP contribution in [0.1, 0.15) is 10.4 Å². The number of carboxylic acid groups (broad SMARTS) is 1. The van der Waals surface area contributed by atoms with E-state index in [1.54, 1.807) is 18.3 Å². The van der Waals surface area contributed by atoms with Gasteiger partial charge in [-0.05, 0) is 42.5 Å². The number of aromatic carboxylic acids is 1. The maximum atomic E-state index is 13.1. The fourth-order valence-electron chi connectivity index (χ4n) is 3.92. The molecule has 1 fully saturated rings. The molecule has 3 aromatic rings. The molecule has 0 spiro atoms. The summed E-state index contributed by atoms with van der Waals surface area (Å²) < 4.78 is 38.9. The van der Waals surface area contributed by atoms with E-state index in [9.17, 15) is 18.3 Å². The number of hydrogen-bond donors (Lipinski definition) is 2. The zero-order valence-corrected chi connectivity index (χ0v) is 20.2. The van der Waals surface area contributed by atoms with E-state index in [1.165, 1.54) is 38.5 Å². The lowest BCUT2D eigenvalue weighted by atomic mass is 10.1. The first-order valence-corrected chi connectivity index (χ1v) is 12.3. The number of pyridine rings is 1. The summed E-state index contributed by atoms with van der Waals surface area (Å²) in [5, 5.41) is 9.82. The maximum Gasteiger partial charge on any atom is 0.337 e. The molecule has 4 rings (SSSR count).